The van der Waals surface area contributed by atoms with Crippen molar-refractivity contribution in [1.29, 1.82) is 0 Å². The van der Waals surface area contributed by atoms with Crippen LogP contribution in [0.3, 0.4) is 0 Å². The summed E-state index contributed by atoms with van der Waals surface area (Å²) >= 11 is 5.91. The number of nitrogens with one attached hydrogen (secondary N) is 2. The van der Waals surface area contributed by atoms with Crippen molar-refractivity contribution < 1.29 is 22.7 Å². The molecule has 3 rings (SSSR count). The van der Waals surface area contributed by atoms with E-state index in [4.69, 9.17) is 16.3 Å². The molecule has 26 heavy (non-hydrogen) atoms. The van der Waals surface area contributed by atoms with Gasteiger partial charge in [-0.05, 0) is 48.8 Å². The highest BCUT2D eigenvalue weighted by Crippen LogP contribution is 2.44. The summed E-state index contributed by atoms with van der Waals surface area (Å²) in [6, 6.07) is 6.22. The number of hydrogen-bond acceptors (Lipinski definition) is 2. The minimum atomic E-state index is -4.44. The standard InChI is InChI=1S/C18H22ClF3N2O2/c19-14-3-1-2-13(8-14)16(26-10-18(20,21)22)9-23-17(25)24-15-7-11-4-5-12(15)6-11/h1-3,8,11-12,15-16H,4-7,9-10H2,(H2,23,24,25)/t11-,12+,15?,16?/m0/s1. The molecule has 2 aliphatic carbocycles. The molecule has 4 nitrogen and oxygen atoms in total. The van der Waals surface area contributed by atoms with Crippen molar-refractivity contribution in [1.82, 2.24) is 10.6 Å². The zero-order valence-electron chi connectivity index (χ0n) is 14.2. The number of amides is 2. The molecule has 1 aromatic carbocycles. The lowest BCUT2D eigenvalue weighted by atomic mass is 9.95. The Hall–Kier alpha value is -1.47. The molecule has 8 heteroatoms. The summed E-state index contributed by atoms with van der Waals surface area (Å²) in [6.45, 7) is -1.46. The van der Waals surface area contributed by atoms with Gasteiger partial charge in [0.25, 0.3) is 0 Å². The molecular weight excluding hydrogens is 369 g/mol. The minimum Gasteiger partial charge on any atom is -0.362 e. The SMILES string of the molecule is O=C(NCC(OCC(F)(F)F)c1cccc(Cl)c1)NC1C[C@H]2CC[C@@H]1C2. The zero-order valence-corrected chi connectivity index (χ0v) is 14.9. The van der Waals surface area contributed by atoms with Crippen molar-refractivity contribution in [2.45, 2.75) is 44.0 Å². The molecular formula is C18H22ClF3N2O2. The first-order valence-electron chi connectivity index (χ1n) is 8.78. The third-order valence-electron chi connectivity index (χ3n) is 5.17. The van der Waals surface area contributed by atoms with Crippen LogP contribution >= 0.6 is 11.6 Å². The molecule has 2 N–H and O–H groups in total. The molecule has 2 fully saturated rings. The van der Waals surface area contributed by atoms with E-state index in [0.717, 1.165) is 19.3 Å². The van der Waals surface area contributed by atoms with E-state index in [0.29, 0.717) is 22.4 Å². The van der Waals surface area contributed by atoms with Crippen LogP contribution in [0.1, 0.15) is 37.4 Å². The third-order valence-corrected chi connectivity index (χ3v) is 5.41. The smallest absolute Gasteiger partial charge is 0.362 e. The van der Waals surface area contributed by atoms with E-state index < -0.39 is 18.9 Å². The van der Waals surface area contributed by atoms with E-state index in [1.165, 1.54) is 12.5 Å². The average Bonchev–Trinajstić information content (AvgIpc) is 3.16. The van der Waals surface area contributed by atoms with Crippen molar-refractivity contribution in [3.05, 3.63) is 34.9 Å². The second-order valence-corrected chi connectivity index (χ2v) is 7.54. The molecule has 2 saturated carbocycles. The van der Waals surface area contributed by atoms with Crippen LogP contribution < -0.4 is 10.6 Å². The number of carbonyl (C=O) groups is 1. The highest BCUT2D eigenvalue weighted by Gasteiger charge is 2.40. The lowest BCUT2D eigenvalue weighted by Crippen LogP contribution is -2.45. The van der Waals surface area contributed by atoms with Gasteiger partial charge in [0.15, 0.2) is 0 Å². The number of benzene rings is 1. The van der Waals surface area contributed by atoms with Crippen LogP contribution in [-0.2, 0) is 4.74 Å². The number of alkyl halides is 3. The maximum atomic E-state index is 12.5. The minimum absolute atomic E-state index is 0.0664. The Bertz CT molecular complexity index is 641. The molecule has 0 aromatic heterocycles. The summed E-state index contributed by atoms with van der Waals surface area (Å²) in [5.74, 6) is 1.22. The zero-order chi connectivity index (χ0) is 18.7. The van der Waals surface area contributed by atoms with Gasteiger partial charge in [0, 0.05) is 17.6 Å². The van der Waals surface area contributed by atoms with Crippen LogP contribution in [0.2, 0.25) is 5.02 Å². The summed E-state index contributed by atoms with van der Waals surface area (Å²) in [5, 5.41) is 5.98. The normalized spacial score (nSPS) is 25.9. The molecule has 2 aliphatic rings. The lowest BCUT2D eigenvalue weighted by molar-refractivity contribution is -0.185. The first-order chi connectivity index (χ1) is 12.3. The summed E-state index contributed by atoms with van der Waals surface area (Å²) < 4.78 is 42.5. The Balaban J connectivity index is 1.55. The van der Waals surface area contributed by atoms with Gasteiger partial charge in [0.2, 0.25) is 0 Å². The predicted molar refractivity (Wildman–Crippen MR) is 92.0 cm³/mol. The van der Waals surface area contributed by atoms with Gasteiger partial charge in [0.05, 0.1) is 0 Å². The lowest BCUT2D eigenvalue weighted by Gasteiger charge is -2.24. The molecule has 0 radical (unpaired) electrons. The van der Waals surface area contributed by atoms with Gasteiger partial charge in [0.1, 0.15) is 12.7 Å². The Labute approximate surface area is 155 Å². The van der Waals surface area contributed by atoms with Crippen LogP contribution in [0.25, 0.3) is 0 Å². The molecule has 0 spiro atoms. The first kappa shape index (κ1) is 19.3. The number of halogens is 4. The fourth-order valence-corrected chi connectivity index (χ4v) is 4.20. The number of urea groups is 1. The van der Waals surface area contributed by atoms with Crippen LogP contribution in [0.4, 0.5) is 18.0 Å². The summed E-state index contributed by atoms with van der Waals surface area (Å²) in [7, 11) is 0. The predicted octanol–water partition coefficient (Wildman–Crippen LogP) is 4.45. The van der Waals surface area contributed by atoms with Crippen molar-refractivity contribution in [3.8, 4) is 0 Å². The fraction of sp³-hybridized carbons (Fsp3) is 0.611. The van der Waals surface area contributed by atoms with Gasteiger partial charge in [-0.2, -0.15) is 13.2 Å². The van der Waals surface area contributed by atoms with Crippen molar-refractivity contribution in [2.75, 3.05) is 13.2 Å². The number of rotatable bonds is 6. The fourth-order valence-electron chi connectivity index (χ4n) is 4.00. The Morgan fingerprint density at radius 3 is 2.73 bits per heavy atom. The largest absolute Gasteiger partial charge is 0.411 e. The molecule has 2 amide bonds. The number of carbonyl (C=O) groups excluding carboxylic acids is 1. The molecule has 0 saturated heterocycles. The van der Waals surface area contributed by atoms with Gasteiger partial charge in [-0.1, -0.05) is 30.2 Å². The molecule has 144 valence electrons. The van der Waals surface area contributed by atoms with Crippen molar-refractivity contribution in [2.24, 2.45) is 11.8 Å². The Morgan fingerprint density at radius 1 is 1.31 bits per heavy atom. The molecule has 1 aromatic rings. The topological polar surface area (TPSA) is 50.4 Å². The molecule has 0 aliphatic heterocycles. The summed E-state index contributed by atoms with van der Waals surface area (Å²) in [5.41, 5.74) is 0.488. The van der Waals surface area contributed by atoms with E-state index in [9.17, 15) is 18.0 Å². The number of ether oxygens (including phenoxy) is 1. The highest BCUT2D eigenvalue weighted by molar-refractivity contribution is 6.30. The van der Waals surface area contributed by atoms with E-state index in [1.54, 1.807) is 18.2 Å². The molecule has 4 atom stereocenters. The Morgan fingerprint density at radius 2 is 2.12 bits per heavy atom. The van der Waals surface area contributed by atoms with Crippen molar-refractivity contribution in [3.63, 3.8) is 0 Å². The van der Waals surface area contributed by atoms with E-state index >= 15 is 0 Å². The monoisotopic (exact) mass is 390 g/mol. The van der Waals surface area contributed by atoms with E-state index in [2.05, 4.69) is 10.6 Å². The quantitative estimate of drug-likeness (QED) is 0.754. The summed E-state index contributed by atoms with van der Waals surface area (Å²) in [4.78, 5) is 12.2. The van der Waals surface area contributed by atoms with E-state index in [-0.39, 0.29) is 18.6 Å². The van der Waals surface area contributed by atoms with Crippen LogP contribution in [0.5, 0.6) is 0 Å². The van der Waals surface area contributed by atoms with Gasteiger partial charge >= 0.3 is 12.2 Å². The number of fused-ring (bicyclic) bond motifs is 2. The second kappa shape index (κ2) is 8.05. The van der Waals surface area contributed by atoms with E-state index in [1.807, 2.05) is 0 Å². The Kier molecular flexibility index (Phi) is 5.97. The van der Waals surface area contributed by atoms with Crippen molar-refractivity contribution >= 4 is 17.6 Å². The molecule has 2 bridgehead atoms. The maximum absolute atomic E-state index is 12.5. The van der Waals surface area contributed by atoms with Gasteiger partial charge in [-0.15, -0.1) is 0 Å². The van der Waals surface area contributed by atoms with Crippen LogP contribution in [0, 0.1) is 11.8 Å². The third kappa shape index (κ3) is 5.27. The molecule has 0 heterocycles. The van der Waals surface area contributed by atoms with Crippen LogP contribution in [0.15, 0.2) is 24.3 Å². The average molecular weight is 391 g/mol. The van der Waals surface area contributed by atoms with Gasteiger partial charge in [-0.25, -0.2) is 4.79 Å². The second-order valence-electron chi connectivity index (χ2n) is 7.11. The summed E-state index contributed by atoms with van der Waals surface area (Å²) in [6.07, 6.45) is -0.865. The number of hydrogen-bond donors (Lipinski definition) is 2. The first-order valence-corrected chi connectivity index (χ1v) is 9.16. The van der Waals surface area contributed by atoms with Gasteiger partial charge < -0.3 is 15.4 Å². The molecule has 2 unspecified atom stereocenters. The van der Waals surface area contributed by atoms with Gasteiger partial charge in [-0.3, -0.25) is 0 Å². The van der Waals surface area contributed by atoms with Crippen LogP contribution in [-0.4, -0.2) is 31.4 Å². The highest BCUT2D eigenvalue weighted by atomic mass is 35.5. The maximum Gasteiger partial charge on any atom is 0.411 e.